The van der Waals surface area contributed by atoms with Crippen molar-refractivity contribution in [2.75, 3.05) is 6.54 Å². The van der Waals surface area contributed by atoms with E-state index in [9.17, 15) is 9.90 Å². The summed E-state index contributed by atoms with van der Waals surface area (Å²) in [4.78, 5) is 16.1. The molecule has 0 bridgehead atoms. The second-order valence-electron chi connectivity index (χ2n) is 6.06. The number of hydrogen-bond donors (Lipinski definition) is 2. The van der Waals surface area contributed by atoms with Crippen molar-refractivity contribution >= 4 is 5.91 Å². The summed E-state index contributed by atoms with van der Waals surface area (Å²) in [7, 11) is 0. The molecule has 1 amide bonds. The smallest absolute Gasteiger partial charge is 0.252 e. The van der Waals surface area contributed by atoms with E-state index in [0.717, 1.165) is 18.5 Å². The molecule has 2 rings (SSSR count). The van der Waals surface area contributed by atoms with E-state index in [2.05, 4.69) is 10.3 Å². The molecule has 1 aliphatic rings. The number of aromatic nitrogens is 1. The van der Waals surface area contributed by atoms with E-state index in [-0.39, 0.29) is 11.8 Å². The Morgan fingerprint density at radius 2 is 2.10 bits per heavy atom. The van der Waals surface area contributed by atoms with Gasteiger partial charge in [-0.15, -0.1) is 0 Å². The summed E-state index contributed by atoms with van der Waals surface area (Å²) in [5.74, 6) is 0.112. The van der Waals surface area contributed by atoms with E-state index in [1.54, 1.807) is 12.3 Å². The zero-order valence-electron chi connectivity index (χ0n) is 12.4. The SMILES string of the molecule is Cc1ccc(C(=O)NCC(C)(O)C2CCCCC2)cn1. The van der Waals surface area contributed by atoms with Crippen LogP contribution in [0.2, 0.25) is 0 Å². The maximum absolute atomic E-state index is 12.0. The standard InChI is InChI=1S/C16H24N2O2/c1-12-8-9-13(10-17-12)15(19)18-11-16(2,20)14-6-4-3-5-7-14/h8-10,14,20H,3-7,11H2,1-2H3,(H,18,19). The number of nitrogens with one attached hydrogen (secondary N) is 1. The first-order chi connectivity index (χ1) is 9.49. The molecule has 2 N–H and O–H groups in total. The molecule has 0 spiro atoms. The average molecular weight is 276 g/mol. The summed E-state index contributed by atoms with van der Waals surface area (Å²) in [5, 5.41) is 13.4. The summed E-state index contributed by atoms with van der Waals surface area (Å²) in [5.41, 5.74) is 0.597. The molecule has 0 aliphatic heterocycles. The molecule has 0 saturated heterocycles. The van der Waals surface area contributed by atoms with E-state index < -0.39 is 5.60 Å². The highest BCUT2D eigenvalue weighted by atomic mass is 16.3. The van der Waals surface area contributed by atoms with Gasteiger partial charge in [0.15, 0.2) is 0 Å². The van der Waals surface area contributed by atoms with Crippen molar-refractivity contribution in [1.82, 2.24) is 10.3 Å². The molecule has 1 fully saturated rings. The van der Waals surface area contributed by atoms with E-state index in [0.29, 0.717) is 12.1 Å². The predicted molar refractivity (Wildman–Crippen MR) is 78.5 cm³/mol. The highest BCUT2D eigenvalue weighted by Gasteiger charge is 2.33. The third-order valence-electron chi connectivity index (χ3n) is 4.27. The fourth-order valence-electron chi connectivity index (χ4n) is 2.83. The van der Waals surface area contributed by atoms with Crippen LogP contribution in [0.5, 0.6) is 0 Å². The van der Waals surface area contributed by atoms with Gasteiger partial charge in [-0.3, -0.25) is 9.78 Å². The van der Waals surface area contributed by atoms with Crippen LogP contribution in [0.3, 0.4) is 0 Å². The zero-order chi connectivity index (χ0) is 14.6. The Kier molecular flexibility index (Phi) is 4.76. The second-order valence-corrected chi connectivity index (χ2v) is 6.06. The van der Waals surface area contributed by atoms with Crippen molar-refractivity contribution in [2.45, 2.75) is 51.6 Å². The molecule has 4 heteroatoms. The highest BCUT2D eigenvalue weighted by molar-refractivity contribution is 5.93. The lowest BCUT2D eigenvalue weighted by Crippen LogP contribution is -2.46. The Labute approximate surface area is 120 Å². The average Bonchev–Trinajstić information content (AvgIpc) is 2.46. The summed E-state index contributed by atoms with van der Waals surface area (Å²) >= 11 is 0. The molecular formula is C16H24N2O2. The Morgan fingerprint density at radius 3 is 2.70 bits per heavy atom. The van der Waals surface area contributed by atoms with Crippen LogP contribution in [0.25, 0.3) is 0 Å². The van der Waals surface area contributed by atoms with Gasteiger partial charge in [0, 0.05) is 18.4 Å². The van der Waals surface area contributed by atoms with Gasteiger partial charge in [-0.25, -0.2) is 0 Å². The number of hydrogen-bond acceptors (Lipinski definition) is 3. The molecule has 1 saturated carbocycles. The van der Waals surface area contributed by atoms with Gasteiger partial charge < -0.3 is 10.4 Å². The van der Waals surface area contributed by atoms with Gasteiger partial charge in [-0.2, -0.15) is 0 Å². The third kappa shape index (κ3) is 3.79. The zero-order valence-corrected chi connectivity index (χ0v) is 12.4. The number of aryl methyl sites for hydroxylation is 1. The molecule has 0 aromatic carbocycles. The Hall–Kier alpha value is -1.42. The van der Waals surface area contributed by atoms with Crippen LogP contribution >= 0.6 is 0 Å². The second kappa shape index (κ2) is 6.35. The van der Waals surface area contributed by atoms with Crippen molar-refractivity contribution in [2.24, 2.45) is 5.92 Å². The topological polar surface area (TPSA) is 62.2 Å². The lowest BCUT2D eigenvalue weighted by molar-refractivity contribution is -0.0143. The van der Waals surface area contributed by atoms with E-state index in [1.807, 2.05) is 19.9 Å². The molecular weight excluding hydrogens is 252 g/mol. The third-order valence-corrected chi connectivity index (χ3v) is 4.27. The first-order valence-electron chi connectivity index (χ1n) is 7.42. The molecule has 1 aromatic heterocycles. The molecule has 20 heavy (non-hydrogen) atoms. The maximum Gasteiger partial charge on any atom is 0.252 e. The first-order valence-corrected chi connectivity index (χ1v) is 7.42. The Balaban J connectivity index is 1.90. The van der Waals surface area contributed by atoms with Gasteiger partial charge in [0.1, 0.15) is 0 Å². The van der Waals surface area contributed by atoms with E-state index in [1.165, 1.54) is 19.3 Å². The summed E-state index contributed by atoms with van der Waals surface area (Å²) in [6.45, 7) is 4.01. The maximum atomic E-state index is 12.0. The highest BCUT2D eigenvalue weighted by Crippen LogP contribution is 2.32. The molecule has 4 nitrogen and oxygen atoms in total. The summed E-state index contributed by atoms with van der Waals surface area (Å²) in [6.07, 6.45) is 7.28. The first kappa shape index (κ1) is 15.0. The number of rotatable bonds is 4. The van der Waals surface area contributed by atoms with Gasteiger partial charge in [0.2, 0.25) is 0 Å². The molecule has 1 unspecified atom stereocenters. The van der Waals surface area contributed by atoms with Crippen LogP contribution < -0.4 is 5.32 Å². The lowest BCUT2D eigenvalue weighted by atomic mass is 9.78. The molecule has 1 atom stereocenters. The summed E-state index contributed by atoms with van der Waals surface area (Å²) in [6, 6.07) is 3.57. The Morgan fingerprint density at radius 1 is 1.40 bits per heavy atom. The minimum absolute atomic E-state index is 0.173. The van der Waals surface area contributed by atoms with Crippen molar-refractivity contribution in [3.8, 4) is 0 Å². The van der Waals surface area contributed by atoms with Crippen molar-refractivity contribution in [3.63, 3.8) is 0 Å². The normalized spacial score (nSPS) is 19.4. The van der Waals surface area contributed by atoms with Crippen LogP contribution in [-0.2, 0) is 0 Å². The number of carbonyl (C=O) groups is 1. The van der Waals surface area contributed by atoms with Gasteiger partial charge in [-0.1, -0.05) is 19.3 Å². The van der Waals surface area contributed by atoms with E-state index in [4.69, 9.17) is 0 Å². The van der Waals surface area contributed by atoms with Crippen molar-refractivity contribution in [1.29, 1.82) is 0 Å². The number of nitrogens with zero attached hydrogens (tertiary/aromatic N) is 1. The summed E-state index contributed by atoms with van der Waals surface area (Å²) < 4.78 is 0. The minimum atomic E-state index is -0.825. The van der Waals surface area contributed by atoms with Gasteiger partial charge in [0.25, 0.3) is 5.91 Å². The minimum Gasteiger partial charge on any atom is -0.388 e. The molecule has 0 radical (unpaired) electrons. The van der Waals surface area contributed by atoms with Crippen LogP contribution in [0, 0.1) is 12.8 Å². The monoisotopic (exact) mass is 276 g/mol. The van der Waals surface area contributed by atoms with Gasteiger partial charge >= 0.3 is 0 Å². The fourth-order valence-corrected chi connectivity index (χ4v) is 2.83. The quantitative estimate of drug-likeness (QED) is 0.888. The largest absolute Gasteiger partial charge is 0.388 e. The molecule has 1 aliphatic carbocycles. The van der Waals surface area contributed by atoms with E-state index >= 15 is 0 Å². The molecule has 1 heterocycles. The van der Waals surface area contributed by atoms with Crippen LogP contribution in [0.1, 0.15) is 55.1 Å². The number of carbonyl (C=O) groups excluding carboxylic acids is 1. The van der Waals surface area contributed by atoms with Crippen molar-refractivity contribution in [3.05, 3.63) is 29.6 Å². The number of aliphatic hydroxyl groups is 1. The Bertz CT molecular complexity index is 448. The fraction of sp³-hybridized carbons (Fsp3) is 0.625. The van der Waals surface area contributed by atoms with Crippen LogP contribution in [0.15, 0.2) is 18.3 Å². The lowest BCUT2D eigenvalue weighted by Gasteiger charge is -2.35. The van der Waals surface area contributed by atoms with Crippen molar-refractivity contribution < 1.29 is 9.90 Å². The van der Waals surface area contributed by atoms with Gasteiger partial charge in [0.05, 0.1) is 11.2 Å². The molecule has 1 aromatic rings. The number of pyridine rings is 1. The van der Waals surface area contributed by atoms with Crippen LogP contribution in [0.4, 0.5) is 0 Å². The number of amides is 1. The molecule has 110 valence electrons. The van der Waals surface area contributed by atoms with Gasteiger partial charge in [-0.05, 0) is 44.7 Å². The predicted octanol–water partition coefficient (Wildman–Crippen LogP) is 2.45. The van der Waals surface area contributed by atoms with Crippen LogP contribution in [-0.4, -0.2) is 28.1 Å².